The largest absolute Gasteiger partial charge is 0.465 e. The molecule has 0 aliphatic rings. The Morgan fingerprint density at radius 3 is 2.85 bits per heavy atom. The minimum Gasteiger partial charge on any atom is -0.465 e. The molecule has 1 rings (SSSR count). The van der Waals surface area contributed by atoms with Gasteiger partial charge in [0.1, 0.15) is 0 Å². The standard InChI is InChI=1S/C6H7N3O3S/c7-5(9-12)3-1-2-4(13-3)8-6(10)11/h1-2,8,12H,(H2,7,9)(H,10,11). The molecule has 0 saturated carbocycles. The van der Waals surface area contributed by atoms with Gasteiger partial charge in [0.2, 0.25) is 0 Å². The van der Waals surface area contributed by atoms with E-state index in [1.807, 2.05) is 0 Å². The van der Waals surface area contributed by atoms with Gasteiger partial charge in [-0.2, -0.15) is 0 Å². The van der Waals surface area contributed by atoms with Gasteiger partial charge >= 0.3 is 6.09 Å². The molecule has 1 aromatic rings. The van der Waals surface area contributed by atoms with E-state index in [-0.39, 0.29) is 5.84 Å². The molecule has 0 unspecified atom stereocenters. The van der Waals surface area contributed by atoms with Crippen LogP contribution in [0.15, 0.2) is 17.3 Å². The van der Waals surface area contributed by atoms with Crippen LogP contribution in [0.1, 0.15) is 4.88 Å². The fourth-order valence-corrected chi connectivity index (χ4v) is 1.49. The Morgan fingerprint density at radius 2 is 2.31 bits per heavy atom. The van der Waals surface area contributed by atoms with Gasteiger partial charge in [-0.05, 0) is 12.1 Å². The number of rotatable bonds is 2. The van der Waals surface area contributed by atoms with E-state index in [1.165, 1.54) is 6.07 Å². The first-order valence-electron chi connectivity index (χ1n) is 3.21. The Bertz CT molecular complexity index is 347. The minimum absolute atomic E-state index is 0.0385. The predicted octanol–water partition coefficient (Wildman–Crippen LogP) is 0.932. The number of amidine groups is 1. The smallest absolute Gasteiger partial charge is 0.409 e. The number of carboxylic acid groups (broad SMARTS) is 1. The van der Waals surface area contributed by atoms with Gasteiger partial charge in [0.05, 0.1) is 9.88 Å². The molecule has 1 heterocycles. The van der Waals surface area contributed by atoms with Crippen LogP contribution in [0, 0.1) is 0 Å². The summed E-state index contributed by atoms with van der Waals surface area (Å²) in [4.78, 5) is 10.7. The van der Waals surface area contributed by atoms with Crippen LogP contribution < -0.4 is 11.1 Å². The summed E-state index contributed by atoms with van der Waals surface area (Å²) in [7, 11) is 0. The van der Waals surface area contributed by atoms with Crippen molar-refractivity contribution in [2.45, 2.75) is 0 Å². The fraction of sp³-hybridized carbons (Fsp3) is 0. The Hall–Kier alpha value is -1.76. The van der Waals surface area contributed by atoms with E-state index < -0.39 is 6.09 Å². The molecule has 5 N–H and O–H groups in total. The van der Waals surface area contributed by atoms with Crippen LogP contribution in [0.3, 0.4) is 0 Å². The monoisotopic (exact) mass is 201 g/mol. The normalized spacial score (nSPS) is 11.2. The molecule has 0 aromatic carbocycles. The average molecular weight is 201 g/mol. The highest BCUT2D eigenvalue weighted by atomic mass is 32.1. The van der Waals surface area contributed by atoms with Gasteiger partial charge in [0.15, 0.2) is 5.84 Å². The maximum absolute atomic E-state index is 10.2. The molecular weight excluding hydrogens is 194 g/mol. The molecule has 0 aliphatic heterocycles. The highest BCUT2D eigenvalue weighted by Gasteiger charge is 2.05. The molecule has 1 aromatic heterocycles. The van der Waals surface area contributed by atoms with Crippen LogP contribution in [0.2, 0.25) is 0 Å². The van der Waals surface area contributed by atoms with Gasteiger partial charge in [-0.15, -0.1) is 11.3 Å². The zero-order chi connectivity index (χ0) is 9.84. The van der Waals surface area contributed by atoms with E-state index >= 15 is 0 Å². The maximum Gasteiger partial charge on any atom is 0.409 e. The van der Waals surface area contributed by atoms with Crippen molar-refractivity contribution in [3.63, 3.8) is 0 Å². The number of nitrogens with two attached hydrogens (primary N) is 1. The molecule has 70 valence electrons. The zero-order valence-corrected chi connectivity index (χ0v) is 7.21. The minimum atomic E-state index is -1.15. The molecule has 0 bridgehead atoms. The van der Waals surface area contributed by atoms with Gasteiger partial charge < -0.3 is 16.0 Å². The summed E-state index contributed by atoms with van der Waals surface area (Å²) >= 11 is 1.09. The Kier molecular flexibility index (Phi) is 2.70. The maximum atomic E-state index is 10.2. The number of nitrogens with one attached hydrogen (secondary N) is 1. The first-order valence-corrected chi connectivity index (χ1v) is 4.03. The molecule has 13 heavy (non-hydrogen) atoms. The summed E-state index contributed by atoms with van der Waals surface area (Å²) in [6.07, 6.45) is -1.15. The molecule has 0 saturated heterocycles. The molecule has 0 fully saturated rings. The van der Waals surface area contributed by atoms with Gasteiger partial charge in [0.25, 0.3) is 0 Å². The van der Waals surface area contributed by atoms with E-state index in [4.69, 9.17) is 16.0 Å². The number of amides is 1. The molecule has 0 aliphatic carbocycles. The lowest BCUT2D eigenvalue weighted by Crippen LogP contribution is -2.10. The van der Waals surface area contributed by atoms with Crippen LogP contribution in [-0.2, 0) is 0 Å². The molecule has 0 atom stereocenters. The Morgan fingerprint density at radius 1 is 1.62 bits per heavy atom. The number of oxime groups is 1. The number of hydrogen-bond acceptors (Lipinski definition) is 4. The van der Waals surface area contributed by atoms with E-state index in [9.17, 15) is 4.79 Å². The van der Waals surface area contributed by atoms with Gasteiger partial charge in [-0.25, -0.2) is 4.79 Å². The third-order valence-corrected chi connectivity index (χ3v) is 2.22. The summed E-state index contributed by atoms with van der Waals surface area (Å²) in [6.45, 7) is 0. The van der Waals surface area contributed by atoms with Crippen molar-refractivity contribution < 1.29 is 15.1 Å². The topological polar surface area (TPSA) is 108 Å². The summed E-state index contributed by atoms with van der Waals surface area (Å²) in [5.41, 5.74) is 5.27. The second kappa shape index (κ2) is 3.76. The predicted molar refractivity (Wildman–Crippen MR) is 48.5 cm³/mol. The Labute approximate surface area is 77.3 Å². The first-order chi connectivity index (χ1) is 6.13. The molecular formula is C6H7N3O3S. The molecule has 6 nitrogen and oxygen atoms in total. The van der Waals surface area contributed by atoms with Crippen molar-refractivity contribution >= 4 is 28.3 Å². The highest BCUT2D eigenvalue weighted by molar-refractivity contribution is 7.18. The lowest BCUT2D eigenvalue weighted by molar-refractivity contribution is 0.210. The van der Waals surface area contributed by atoms with Crippen LogP contribution in [-0.4, -0.2) is 22.2 Å². The van der Waals surface area contributed by atoms with Crippen LogP contribution in [0.25, 0.3) is 0 Å². The van der Waals surface area contributed by atoms with Crippen molar-refractivity contribution in [3.8, 4) is 0 Å². The quantitative estimate of drug-likeness (QED) is 0.247. The number of nitrogens with zero attached hydrogens (tertiary/aromatic N) is 1. The number of hydrogen-bond donors (Lipinski definition) is 4. The van der Waals surface area contributed by atoms with Crippen molar-refractivity contribution in [3.05, 3.63) is 17.0 Å². The van der Waals surface area contributed by atoms with Crippen molar-refractivity contribution in [2.24, 2.45) is 10.9 Å². The fourth-order valence-electron chi connectivity index (χ4n) is 0.697. The van der Waals surface area contributed by atoms with Crippen molar-refractivity contribution in [2.75, 3.05) is 5.32 Å². The van der Waals surface area contributed by atoms with Gasteiger partial charge in [0, 0.05) is 0 Å². The molecule has 0 spiro atoms. The summed E-state index contributed by atoms with van der Waals surface area (Å²) in [5, 5.41) is 22.0. The van der Waals surface area contributed by atoms with E-state index in [2.05, 4.69) is 10.5 Å². The third-order valence-electron chi connectivity index (χ3n) is 1.20. The molecule has 7 heteroatoms. The lowest BCUT2D eigenvalue weighted by Gasteiger charge is -1.93. The highest BCUT2D eigenvalue weighted by Crippen LogP contribution is 2.21. The van der Waals surface area contributed by atoms with Crippen molar-refractivity contribution in [1.82, 2.24) is 0 Å². The average Bonchev–Trinajstić information content (AvgIpc) is 2.50. The van der Waals surface area contributed by atoms with Crippen molar-refractivity contribution in [1.29, 1.82) is 0 Å². The van der Waals surface area contributed by atoms with Gasteiger partial charge in [-0.1, -0.05) is 5.16 Å². The van der Waals surface area contributed by atoms with Crippen LogP contribution >= 0.6 is 11.3 Å². The molecule has 0 radical (unpaired) electrons. The van der Waals surface area contributed by atoms with Crippen LogP contribution in [0.5, 0.6) is 0 Å². The first kappa shape index (κ1) is 9.33. The lowest BCUT2D eigenvalue weighted by atomic mass is 10.4. The molecule has 1 amide bonds. The zero-order valence-electron chi connectivity index (χ0n) is 6.39. The van der Waals surface area contributed by atoms with E-state index in [0.29, 0.717) is 9.88 Å². The second-order valence-corrected chi connectivity index (χ2v) is 3.16. The summed E-state index contributed by atoms with van der Waals surface area (Å²) in [5.74, 6) is -0.0385. The number of carbonyl (C=O) groups is 1. The third kappa shape index (κ3) is 2.34. The van der Waals surface area contributed by atoms with Crippen LogP contribution in [0.4, 0.5) is 9.80 Å². The summed E-state index contributed by atoms with van der Waals surface area (Å²) in [6, 6.07) is 3.09. The SMILES string of the molecule is NC(=NO)c1ccc(NC(=O)O)s1. The van der Waals surface area contributed by atoms with Gasteiger partial charge in [-0.3, -0.25) is 5.32 Å². The Balaban J connectivity index is 2.80. The summed E-state index contributed by atoms with van der Waals surface area (Å²) < 4.78 is 0. The van der Waals surface area contributed by atoms with E-state index in [0.717, 1.165) is 11.3 Å². The number of thiophene rings is 1. The van der Waals surface area contributed by atoms with E-state index in [1.54, 1.807) is 6.07 Å². The number of anilines is 1. The second-order valence-electron chi connectivity index (χ2n) is 2.08.